The van der Waals surface area contributed by atoms with Gasteiger partial charge >= 0.3 is 0 Å². The molecule has 0 saturated carbocycles. The number of hydrogen-bond acceptors (Lipinski definition) is 4. The molecule has 0 bridgehead atoms. The number of fused-ring (bicyclic) bond motifs is 1. The van der Waals surface area contributed by atoms with Crippen molar-refractivity contribution in [1.29, 1.82) is 0 Å². The summed E-state index contributed by atoms with van der Waals surface area (Å²) < 4.78 is 34.0. The van der Waals surface area contributed by atoms with Crippen molar-refractivity contribution >= 4 is 21.6 Å². The Bertz CT molecular complexity index is 1240. The lowest BCUT2D eigenvalue weighted by atomic mass is 9.98. The first-order valence-corrected chi connectivity index (χ1v) is 12.1. The normalized spacial score (nSPS) is 13.4. The predicted octanol–water partition coefficient (Wildman–Crippen LogP) is 4.39. The monoisotopic (exact) mass is 450 g/mol. The number of benzene rings is 3. The lowest BCUT2D eigenvalue weighted by Gasteiger charge is -2.29. The van der Waals surface area contributed by atoms with E-state index in [1.54, 1.807) is 41.3 Å². The summed E-state index contributed by atoms with van der Waals surface area (Å²) in [6, 6.07) is 19.5. The topological polar surface area (TPSA) is 75.7 Å². The van der Waals surface area contributed by atoms with E-state index in [2.05, 4.69) is 4.72 Å². The molecule has 0 unspecified atom stereocenters. The van der Waals surface area contributed by atoms with E-state index in [9.17, 15) is 13.2 Å². The van der Waals surface area contributed by atoms with Crippen LogP contribution in [0.4, 0.5) is 5.69 Å². The zero-order valence-electron chi connectivity index (χ0n) is 18.2. The van der Waals surface area contributed by atoms with Crippen molar-refractivity contribution in [3.8, 4) is 5.75 Å². The molecule has 0 fully saturated rings. The van der Waals surface area contributed by atoms with Crippen molar-refractivity contribution in [2.24, 2.45) is 0 Å². The Balaban J connectivity index is 1.53. The molecular formula is C25H26N2O4S. The van der Waals surface area contributed by atoms with Gasteiger partial charge in [-0.05, 0) is 79.4 Å². The lowest BCUT2D eigenvalue weighted by molar-refractivity contribution is 0.0734. The number of hydrogen-bond donors (Lipinski definition) is 1. The van der Waals surface area contributed by atoms with Crippen LogP contribution >= 0.6 is 0 Å². The number of rotatable bonds is 6. The molecule has 1 aliphatic heterocycles. The summed E-state index contributed by atoms with van der Waals surface area (Å²) in [6.07, 6.45) is 0.735. The van der Waals surface area contributed by atoms with Crippen LogP contribution < -0.4 is 9.46 Å². The number of nitrogens with zero attached hydrogens (tertiary/aromatic N) is 1. The Kier molecular flexibility index (Phi) is 6.19. The van der Waals surface area contributed by atoms with Gasteiger partial charge in [0, 0.05) is 24.3 Å². The van der Waals surface area contributed by atoms with Crippen molar-refractivity contribution in [3.63, 3.8) is 0 Å². The van der Waals surface area contributed by atoms with E-state index >= 15 is 0 Å². The average Bonchev–Trinajstić information content (AvgIpc) is 2.80. The highest BCUT2D eigenvalue weighted by molar-refractivity contribution is 7.92. The van der Waals surface area contributed by atoms with E-state index in [-0.39, 0.29) is 10.8 Å². The molecule has 1 N–H and O–H groups in total. The fourth-order valence-corrected chi connectivity index (χ4v) is 5.01. The van der Waals surface area contributed by atoms with Gasteiger partial charge in [0.15, 0.2) is 0 Å². The van der Waals surface area contributed by atoms with Crippen LogP contribution in [0, 0.1) is 6.92 Å². The van der Waals surface area contributed by atoms with Crippen molar-refractivity contribution in [2.45, 2.75) is 31.7 Å². The first-order chi connectivity index (χ1) is 15.4. The highest BCUT2D eigenvalue weighted by atomic mass is 32.2. The Morgan fingerprint density at radius 3 is 2.53 bits per heavy atom. The molecule has 7 heteroatoms. The van der Waals surface area contributed by atoms with Gasteiger partial charge in [-0.25, -0.2) is 8.42 Å². The summed E-state index contributed by atoms with van der Waals surface area (Å²) >= 11 is 0. The van der Waals surface area contributed by atoms with Gasteiger partial charge in [-0.15, -0.1) is 0 Å². The van der Waals surface area contributed by atoms with Crippen LogP contribution in [0.3, 0.4) is 0 Å². The van der Waals surface area contributed by atoms with Crippen LogP contribution in [0.5, 0.6) is 5.75 Å². The Hall–Kier alpha value is -3.32. The van der Waals surface area contributed by atoms with Gasteiger partial charge in [0.2, 0.25) is 0 Å². The summed E-state index contributed by atoms with van der Waals surface area (Å²) in [6.45, 7) is 5.31. The quantitative estimate of drug-likeness (QED) is 0.604. The highest BCUT2D eigenvalue weighted by Crippen LogP contribution is 2.27. The van der Waals surface area contributed by atoms with E-state index in [0.29, 0.717) is 36.7 Å². The molecule has 0 atom stereocenters. The van der Waals surface area contributed by atoms with Crippen LogP contribution in [0.2, 0.25) is 0 Å². The second-order valence-corrected chi connectivity index (χ2v) is 9.47. The number of aryl methyl sites for hydroxylation is 1. The van der Waals surface area contributed by atoms with Crippen LogP contribution in [0.15, 0.2) is 71.6 Å². The van der Waals surface area contributed by atoms with Gasteiger partial charge < -0.3 is 9.64 Å². The third-order valence-electron chi connectivity index (χ3n) is 5.54. The minimum atomic E-state index is -3.75. The maximum atomic E-state index is 12.9. The Morgan fingerprint density at radius 2 is 1.81 bits per heavy atom. The number of anilines is 1. The van der Waals surface area contributed by atoms with Crippen molar-refractivity contribution in [3.05, 3.63) is 89.0 Å². The number of sulfonamides is 1. The van der Waals surface area contributed by atoms with Gasteiger partial charge in [0.1, 0.15) is 5.75 Å². The maximum absolute atomic E-state index is 12.9. The Morgan fingerprint density at radius 1 is 1.03 bits per heavy atom. The van der Waals surface area contributed by atoms with Gasteiger partial charge in [-0.1, -0.05) is 24.3 Å². The second-order valence-electron chi connectivity index (χ2n) is 7.79. The van der Waals surface area contributed by atoms with E-state index in [0.717, 1.165) is 23.1 Å². The third kappa shape index (κ3) is 4.62. The standard InChI is InChI=1S/C25H26N2O4S/c1-3-31-24-12-11-23(15-18(24)2)32(29,30)26-22-10-9-19-13-14-27(17-21(19)16-22)25(28)20-7-5-4-6-8-20/h4-12,15-16,26H,3,13-14,17H2,1-2H3. The number of carbonyl (C=O) groups excluding carboxylic acids is 1. The smallest absolute Gasteiger partial charge is 0.261 e. The van der Waals surface area contributed by atoms with Gasteiger partial charge in [0.05, 0.1) is 11.5 Å². The molecule has 0 radical (unpaired) electrons. The largest absolute Gasteiger partial charge is 0.494 e. The van der Waals surface area contributed by atoms with E-state index < -0.39 is 10.0 Å². The number of nitrogens with one attached hydrogen (secondary N) is 1. The molecule has 0 saturated heterocycles. The van der Waals surface area contributed by atoms with Crippen molar-refractivity contribution in [1.82, 2.24) is 4.90 Å². The fraction of sp³-hybridized carbons (Fsp3) is 0.240. The predicted molar refractivity (Wildman–Crippen MR) is 124 cm³/mol. The summed E-state index contributed by atoms with van der Waals surface area (Å²) in [7, 11) is -3.75. The maximum Gasteiger partial charge on any atom is 0.261 e. The van der Waals surface area contributed by atoms with Crippen molar-refractivity contribution < 1.29 is 17.9 Å². The average molecular weight is 451 g/mol. The molecule has 1 amide bonds. The van der Waals surface area contributed by atoms with Gasteiger partial charge in [-0.3, -0.25) is 9.52 Å². The second kappa shape index (κ2) is 9.04. The number of amides is 1. The zero-order valence-corrected chi connectivity index (χ0v) is 19.0. The van der Waals surface area contributed by atoms with Gasteiger partial charge in [0.25, 0.3) is 15.9 Å². The van der Waals surface area contributed by atoms with Crippen LogP contribution in [-0.2, 0) is 23.0 Å². The molecule has 1 heterocycles. The Labute approximate surface area is 188 Å². The molecule has 6 nitrogen and oxygen atoms in total. The van der Waals surface area contributed by atoms with E-state index in [1.165, 1.54) is 0 Å². The lowest BCUT2D eigenvalue weighted by Crippen LogP contribution is -2.36. The fourth-order valence-electron chi connectivity index (χ4n) is 3.88. The molecule has 166 valence electrons. The molecule has 3 aromatic rings. The van der Waals surface area contributed by atoms with E-state index in [4.69, 9.17) is 4.74 Å². The number of ether oxygens (including phenoxy) is 1. The SMILES string of the molecule is CCOc1ccc(S(=O)(=O)Nc2ccc3c(c2)CN(C(=O)c2ccccc2)CC3)cc1C. The molecule has 0 spiro atoms. The molecule has 0 aromatic heterocycles. The summed E-state index contributed by atoms with van der Waals surface area (Å²) in [5.41, 5.74) is 3.96. The first kappa shape index (κ1) is 21.9. The van der Waals surface area contributed by atoms with Crippen LogP contribution in [0.25, 0.3) is 0 Å². The summed E-state index contributed by atoms with van der Waals surface area (Å²) in [5.74, 6) is 0.649. The summed E-state index contributed by atoms with van der Waals surface area (Å²) in [4.78, 5) is 14.8. The zero-order chi connectivity index (χ0) is 22.7. The molecule has 4 rings (SSSR count). The van der Waals surface area contributed by atoms with Gasteiger partial charge in [-0.2, -0.15) is 0 Å². The van der Waals surface area contributed by atoms with Crippen LogP contribution in [0.1, 0.15) is 34.0 Å². The first-order valence-electron chi connectivity index (χ1n) is 10.6. The molecule has 1 aliphatic rings. The van der Waals surface area contributed by atoms with E-state index in [1.807, 2.05) is 44.2 Å². The summed E-state index contributed by atoms with van der Waals surface area (Å²) in [5, 5.41) is 0. The third-order valence-corrected chi connectivity index (χ3v) is 6.91. The molecular weight excluding hydrogens is 424 g/mol. The molecule has 0 aliphatic carbocycles. The number of carbonyl (C=O) groups is 1. The molecule has 32 heavy (non-hydrogen) atoms. The minimum Gasteiger partial charge on any atom is -0.494 e. The highest BCUT2D eigenvalue weighted by Gasteiger charge is 2.23. The van der Waals surface area contributed by atoms with Crippen LogP contribution in [-0.4, -0.2) is 32.4 Å². The van der Waals surface area contributed by atoms with Crippen molar-refractivity contribution in [2.75, 3.05) is 17.9 Å². The minimum absolute atomic E-state index is 0.0212. The molecule has 3 aromatic carbocycles.